The average molecular weight is 177 g/mol. The molecule has 1 atom stereocenters. The number of rotatable bonds is 1. The number of aliphatic imine (C=N–C) groups is 1. The Bertz CT molecular complexity index is 337. The number of nitrogens with one attached hydrogen (secondary N) is 1. The third-order valence-corrected chi connectivity index (χ3v) is 1.93. The highest BCUT2D eigenvalue weighted by Crippen LogP contribution is 2.06. The van der Waals surface area contributed by atoms with Crippen molar-refractivity contribution in [2.75, 3.05) is 7.05 Å². The van der Waals surface area contributed by atoms with Crippen molar-refractivity contribution in [3.8, 4) is 0 Å². The second-order valence-electron chi connectivity index (χ2n) is 2.88. The normalized spacial score (nSPS) is 21.8. The molecule has 1 aliphatic rings. The van der Waals surface area contributed by atoms with Gasteiger partial charge in [0.2, 0.25) is 0 Å². The molecule has 0 aliphatic carbocycles. The number of aromatic amines is 1. The molecule has 68 valence electrons. The molecular weight excluding hydrogens is 166 g/mol. The molecule has 5 nitrogen and oxygen atoms in total. The molecule has 0 fully saturated rings. The SMILES string of the molecule is CN1C=CC(c2ccn[nH]2)=NC1N. The number of nitrogens with two attached hydrogens (primary N) is 1. The lowest BCUT2D eigenvalue weighted by Gasteiger charge is -2.23. The van der Waals surface area contributed by atoms with Crippen molar-refractivity contribution >= 4 is 5.71 Å². The molecule has 3 N–H and O–H groups in total. The summed E-state index contributed by atoms with van der Waals surface area (Å²) in [4.78, 5) is 6.10. The number of allylic oxidation sites excluding steroid dienone is 1. The summed E-state index contributed by atoms with van der Waals surface area (Å²) in [5, 5.41) is 6.68. The van der Waals surface area contributed by atoms with Crippen LogP contribution >= 0.6 is 0 Å². The van der Waals surface area contributed by atoms with Crippen LogP contribution in [0.5, 0.6) is 0 Å². The lowest BCUT2D eigenvalue weighted by atomic mass is 10.2. The fraction of sp³-hybridized carbons (Fsp3) is 0.250. The number of H-pyrrole nitrogens is 1. The molecule has 0 radical (unpaired) electrons. The van der Waals surface area contributed by atoms with Crippen LogP contribution in [-0.2, 0) is 0 Å². The van der Waals surface area contributed by atoms with Crippen LogP contribution in [0.25, 0.3) is 0 Å². The van der Waals surface area contributed by atoms with E-state index < -0.39 is 0 Å². The van der Waals surface area contributed by atoms with E-state index in [-0.39, 0.29) is 6.29 Å². The van der Waals surface area contributed by atoms with Gasteiger partial charge in [0, 0.05) is 19.4 Å². The predicted molar refractivity (Wildman–Crippen MR) is 50.0 cm³/mol. The zero-order chi connectivity index (χ0) is 9.26. The number of nitrogens with zero attached hydrogens (tertiary/aromatic N) is 3. The molecule has 0 spiro atoms. The number of hydrogen-bond donors (Lipinski definition) is 2. The van der Waals surface area contributed by atoms with Crippen molar-refractivity contribution in [2.24, 2.45) is 10.7 Å². The van der Waals surface area contributed by atoms with E-state index in [0.717, 1.165) is 11.4 Å². The molecule has 1 unspecified atom stereocenters. The van der Waals surface area contributed by atoms with Crippen LogP contribution in [0.1, 0.15) is 5.69 Å². The Morgan fingerprint density at radius 3 is 3.08 bits per heavy atom. The topological polar surface area (TPSA) is 70.3 Å². The van der Waals surface area contributed by atoms with Gasteiger partial charge in [0.1, 0.15) is 0 Å². The molecule has 1 aromatic rings. The molecule has 5 heteroatoms. The maximum Gasteiger partial charge on any atom is 0.173 e. The third kappa shape index (κ3) is 1.46. The Morgan fingerprint density at radius 1 is 1.62 bits per heavy atom. The van der Waals surface area contributed by atoms with E-state index >= 15 is 0 Å². The Kier molecular flexibility index (Phi) is 1.86. The van der Waals surface area contributed by atoms with Crippen LogP contribution in [0.2, 0.25) is 0 Å². The summed E-state index contributed by atoms with van der Waals surface area (Å²) in [5.74, 6) is 0. The second kappa shape index (κ2) is 3.02. The molecule has 0 saturated heterocycles. The van der Waals surface area contributed by atoms with Gasteiger partial charge in [-0.2, -0.15) is 5.10 Å². The van der Waals surface area contributed by atoms with E-state index in [4.69, 9.17) is 5.73 Å². The van der Waals surface area contributed by atoms with Crippen molar-refractivity contribution in [3.05, 3.63) is 30.2 Å². The van der Waals surface area contributed by atoms with E-state index in [1.54, 1.807) is 6.20 Å². The molecule has 1 aromatic heterocycles. The van der Waals surface area contributed by atoms with Gasteiger partial charge >= 0.3 is 0 Å². The Labute approximate surface area is 76.0 Å². The smallest absolute Gasteiger partial charge is 0.173 e. The number of aromatic nitrogens is 2. The van der Waals surface area contributed by atoms with Crippen molar-refractivity contribution in [1.29, 1.82) is 0 Å². The highest BCUT2D eigenvalue weighted by atomic mass is 15.3. The van der Waals surface area contributed by atoms with Gasteiger partial charge in [0.05, 0.1) is 11.4 Å². The van der Waals surface area contributed by atoms with Gasteiger partial charge in [-0.25, -0.2) is 4.99 Å². The highest BCUT2D eigenvalue weighted by Gasteiger charge is 2.11. The summed E-state index contributed by atoms with van der Waals surface area (Å²) in [6, 6.07) is 1.86. The summed E-state index contributed by atoms with van der Waals surface area (Å²) in [5.41, 5.74) is 7.45. The van der Waals surface area contributed by atoms with Gasteiger partial charge in [-0.3, -0.25) is 10.8 Å². The monoisotopic (exact) mass is 177 g/mol. The fourth-order valence-corrected chi connectivity index (χ4v) is 1.11. The molecule has 2 heterocycles. The quantitative estimate of drug-likeness (QED) is 0.629. The van der Waals surface area contributed by atoms with E-state index in [1.807, 2.05) is 30.3 Å². The molecule has 2 rings (SSSR count). The minimum Gasteiger partial charge on any atom is -0.347 e. The zero-order valence-electron chi connectivity index (χ0n) is 7.31. The van der Waals surface area contributed by atoms with Gasteiger partial charge < -0.3 is 4.90 Å². The van der Waals surface area contributed by atoms with E-state index in [2.05, 4.69) is 15.2 Å². The summed E-state index contributed by atoms with van der Waals surface area (Å²) in [6.45, 7) is 0. The first kappa shape index (κ1) is 8.00. The van der Waals surface area contributed by atoms with Gasteiger partial charge in [0.15, 0.2) is 6.29 Å². The predicted octanol–water partition coefficient (Wildman–Crippen LogP) is -0.0998. The Morgan fingerprint density at radius 2 is 2.46 bits per heavy atom. The molecule has 1 aliphatic heterocycles. The van der Waals surface area contributed by atoms with Crippen molar-refractivity contribution < 1.29 is 0 Å². The molecule has 0 saturated carbocycles. The summed E-state index contributed by atoms with van der Waals surface area (Å²) < 4.78 is 0. The van der Waals surface area contributed by atoms with Crippen molar-refractivity contribution in [1.82, 2.24) is 15.1 Å². The first-order valence-electron chi connectivity index (χ1n) is 4.00. The highest BCUT2D eigenvalue weighted by molar-refractivity contribution is 6.07. The standard InChI is InChI=1S/C8H11N5/c1-13-5-3-6(11-8(13)9)7-2-4-10-12-7/h2-5,8H,9H2,1H3,(H,10,12). The minimum atomic E-state index is -0.303. The van der Waals surface area contributed by atoms with E-state index in [1.165, 1.54) is 0 Å². The summed E-state index contributed by atoms with van der Waals surface area (Å²) in [6.07, 6.45) is 5.18. The average Bonchev–Trinajstić information content (AvgIpc) is 2.62. The minimum absolute atomic E-state index is 0.303. The first-order valence-corrected chi connectivity index (χ1v) is 4.00. The zero-order valence-corrected chi connectivity index (χ0v) is 7.31. The number of hydrogen-bond acceptors (Lipinski definition) is 4. The maximum atomic E-state index is 5.73. The van der Waals surface area contributed by atoms with E-state index in [9.17, 15) is 0 Å². The van der Waals surface area contributed by atoms with Crippen LogP contribution in [0.15, 0.2) is 29.5 Å². The van der Waals surface area contributed by atoms with Gasteiger partial charge in [-0.05, 0) is 12.1 Å². The fourth-order valence-electron chi connectivity index (χ4n) is 1.11. The van der Waals surface area contributed by atoms with Crippen molar-refractivity contribution in [3.63, 3.8) is 0 Å². The molecule has 0 aromatic carbocycles. The summed E-state index contributed by atoms with van der Waals surface area (Å²) in [7, 11) is 1.88. The molecule has 0 bridgehead atoms. The summed E-state index contributed by atoms with van der Waals surface area (Å²) >= 11 is 0. The van der Waals surface area contributed by atoms with E-state index in [0.29, 0.717) is 0 Å². The Hall–Kier alpha value is -1.62. The second-order valence-corrected chi connectivity index (χ2v) is 2.88. The van der Waals surface area contributed by atoms with Gasteiger partial charge in [-0.15, -0.1) is 0 Å². The molecular formula is C8H11N5. The van der Waals surface area contributed by atoms with Gasteiger partial charge in [-0.1, -0.05) is 0 Å². The van der Waals surface area contributed by atoms with Crippen LogP contribution < -0.4 is 5.73 Å². The first-order chi connectivity index (χ1) is 6.27. The lowest BCUT2D eigenvalue weighted by Crippen LogP contribution is -2.37. The molecule has 0 amide bonds. The lowest BCUT2D eigenvalue weighted by molar-refractivity contribution is 0.344. The third-order valence-electron chi connectivity index (χ3n) is 1.93. The van der Waals surface area contributed by atoms with Gasteiger partial charge in [0.25, 0.3) is 0 Å². The largest absolute Gasteiger partial charge is 0.347 e. The van der Waals surface area contributed by atoms with Crippen LogP contribution in [0.3, 0.4) is 0 Å². The van der Waals surface area contributed by atoms with Crippen molar-refractivity contribution in [2.45, 2.75) is 6.29 Å². The van der Waals surface area contributed by atoms with Crippen LogP contribution in [-0.4, -0.2) is 34.1 Å². The maximum absolute atomic E-state index is 5.73. The molecule has 13 heavy (non-hydrogen) atoms. The van der Waals surface area contributed by atoms with Crippen LogP contribution in [0.4, 0.5) is 0 Å². The Balaban J connectivity index is 2.28. The van der Waals surface area contributed by atoms with Crippen LogP contribution in [0, 0.1) is 0 Å².